The highest BCUT2D eigenvalue weighted by molar-refractivity contribution is 5.76. The summed E-state index contributed by atoms with van der Waals surface area (Å²) in [7, 11) is 0. The van der Waals surface area contributed by atoms with E-state index in [1.807, 2.05) is 37.3 Å². The van der Waals surface area contributed by atoms with Gasteiger partial charge < -0.3 is 10.1 Å². The van der Waals surface area contributed by atoms with Crippen LogP contribution < -0.4 is 5.32 Å². The summed E-state index contributed by atoms with van der Waals surface area (Å²) in [6.07, 6.45) is 5.49. The summed E-state index contributed by atoms with van der Waals surface area (Å²) >= 11 is 0. The van der Waals surface area contributed by atoms with Gasteiger partial charge in [0.05, 0.1) is 6.04 Å². The summed E-state index contributed by atoms with van der Waals surface area (Å²) in [5, 5.41) is 2.98. The second-order valence-electron chi connectivity index (χ2n) is 5.71. The lowest BCUT2D eigenvalue weighted by atomic mass is 10.0. The Hall–Kier alpha value is -2.36. The number of allylic oxidation sites excluding steroid dienone is 2. The second-order valence-corrected chi connectivity index (χ2v) is 5.71. The number of hydrogen-bond acceptors (Lipinski definition) is 3. The minimum absolute atomic E-state index is 0.0650. The van der Waals surface area contributed by atoms with E-state index in [-0.39, 0.29) is 17.9 Å². The van der Waals surface area contributed by atoms with Crippen LogP contribution in [0.4, 0.5) is 0 Å². The fourth-order valence-electron chi connectivity index (χ4n) is 2.28. The quantitative estimate of drug-likeness (QED) is 0.499. The molecule has 0 fully saturated rings. The first-order valence-corrected chi connectivity index (χ1v) is 8.31. The Morgan fingerprint density at radius 3 is 2.38 bits per heavy atom. The van der Waals surface area contributed by atoms with Crippen LogP contribution in [0.3, 0.4) is 0 Å². The van der Waals surface area contributed by atoms with E-state index in [1.54, 1.807) is 12.2 Å². The molecule has 1 N–H and O–H groups in total. The van der Waals surface area contributed by atoms with Gasteiger partial charge in [-0.15, -0.1) is 13.2 Å². The molecule has 4 nitrogen and oxygen atoms in total. The maximum Gasteiger partial charge on any atom is 0.306 e. The number of nitrogens with one attached hydrogen (secondary N) is 1. The molecule has 2 atom stereocenters. The molecule has 1 aromatic rings. The highest BCUT2D eigenvalue weighted by atomic mass is 16.5. The molecule has 130 valence electrons. The minimum Gasteiger partial charge on any atom is -0.460 e. The van der Waals surface area contributed by atoms with Gasteiger partial charge in [0.1, 0.15) is 6.10 Å². The van der Waals surface area contributed by atoms with Crippen molar-refractivity contribution in [3.05, 3.63) is 61.2 Å². The van der Waals surface area contributed by atoms with Crippen LogP contribution in [-0.4, -0.2) is 24.0 Å². The molecule has 0 aromatic heterocycles. The Morgan fingerprint density at radius 1 is 1.12 bits per heavy atom. The molecule has 0 heterocycles. The highest BCUT2D eigenvalue weighted by Gasteiger charge is 2.23. The Bertz CT molecular complexity index is 539. The Kier molecular flexibility index (Phi) is 9.20. The molecular formula is C20H27NO3. The van der Waals surface area contributed by atoms with Crippen molar-refractivity contribution in [2.75, 3.05) is 0 Å². The summed E-state index contributed by atoms with van der Waals surface area (Å²) in [6, 6.07) is 9.57. The number of esters is 1. The molecule has 1 aromatic carbocycles. The van der Waals surface area contributed by atoms with Gasteiger partial charge in [-0.2, -0.15) is 0 Å². The van der Waals surface area contributed by atoms with Crippen molar-refractivity contribution in [2.45, 2.75) is 51.2 Å². The molecule has 24 heavy (non-hydrogen) atoms. The number of amides is 1. The average Bonchev–Trinajstić information content (AvgIpc) is 2.58. The SMILES string of the molecule is C=CCCC(=O)NC(Cc1ccccc1)C(C)OC(=O)CCC=C. The maximum atomic E-state index is 12.1. The van der Waals surface area contributed by atoms with E-state index in [0.29, 0.717) is 32.1 Å². The Balaban J connectivity index is 2.71. The first kappa shape index (κ1) is 19.7. The van der Waals surface area contributed by atoms with Gasteiger partial charge in [-0.1, -0.05) is 42.5 Å². The normalized spacial score (nSPS) is 12.7. The second kappa shape index (κ2) is 11.2. The Labute approximate surface area is 144 Å². The number of benzene rings is 1. The average molecular weight is 329 g/mol. The third kappa shape index (κ3) is 7.77. The van der Waals surface area contributed by atoms with Gasteiger partial charge in [0.15, 0.2) is 0 Å². The first-order valence-electron chi connectivity index (χ1n) is 8.31. The molecule has 1 rings (SSSR count). The van der Waals surface area contributed by atoms with Gasteiger partial charge in [-0.05, 0) is 31.7 Å². The van der Waals surface area contributed by atoms with E-state index in [9.17, 15) is 9.59 Å². The molecule has 0 saturated heterocycles. The number of ether oxygens (including phenoxy) is 1. The molecule has 0 radical (unpaired) electrons. The highest BCUT2D eigenvalue weighted by Crippen LogP contribution is 2.11. The van der Waals surface area contributed by atoms with Crippen molar-refractivity contribution in [2.24, 2.45) is 0 Å². The maximum absolute atomic E-state index is 12.1. The number of carbonyl (C=O) groups is 2. The molecule has 0 aliphatic heterocycles. The summed E-state index contributed by atoms with van der Waals surface area (Å²) in [5.41, 5.74) is 1.08. The van der Waals surface area contributed by atoms with E-state index in [4.69, 9.17) is 4.74 Å². The largest absolute Gasteiger partial charge is 0.460 e. The van der Waals surface area contributed by atoms with Crippen LogP contribution >= 0.6 is 0 Å². The molecule has 0 saturated carbocycles. The fourth-order valence-corrected chi connectivity index (χ4v) is 2.28. The lowest BCUT2D eigenvalue weighted by Gasteiger charge is -2.25. The summed E-state index contributed by atoms with van der Waals surface area (Å²) in [6.45, 7) is 9.04. The van der Waals surface area contributed by atoms with Gasteiger partial charge in [0.25, 0.3) is 0 Å². The van der Waals surface area contributed by atoms with Crippen molar-refractivity contribution in [1.82, 2.24) is 5.32 Å². The molecule has 0 spiro atoms. The molecular weight excluding hydrogens is 302 g/mol. The molecule has 1 amide bonds. The van der Waals surface area contributed by atoms with Crippen LogP contribution in [0.2, 0.25) is 0 Å². The summed E-state index contributed by atoms with van der Waals surface area (Å²) < 4.78 is 5.47. The summed E-state index contributed by atoms with van der Waals surface area (Å²) in [5.74, 6) is -0.342. The lowest BCUT2D eigenvalue weighted by Crippen LogP contribution is -2.45. The number of rotatable bonds is 11. The van der Waals surface area contributed by atoms with E-state index in [1.165, 1.54) is 0 Å². The third-order valence-corrected chi connectivity index (χ3v) is 3.66. The molecule has 4 heteroatoms. The van der Waals surface area contributed by atoms with Crippen molar-refractivity contribution >= 4 is 11.9 Å². The monoisotopic (exact) mass is 329 g/mol. The zero-order valence-electron chi connectivity index (χ0n) is 14.4. The van der Waals surface area contributed by atoms with Crippen molar-refractivity contribution in [3.63, 3.8) is 0 Å². The van der Waals surface area contributed by atoms with Gasteiger partial charge in [0.2, 0.25) is 5.91 Å². The number of carbonyl (C=O) groups excluding carboxylic acids is 2. The molecule has 0 bridgehead atoms. The van der Waals surface area contributed by atoms with E-state index < -0.39 is 6.10 Å². The zero-order valence-corrected chi connectivity index (χ0v) is 14.4. The van der Waals surface area contributed by atoms with Gasteiger partial charge >= 0.3 is 5.97 Å². The molecule has 0 aliphatic rings. The van der Waals surface area contributed by atoms with Crippen LogP contribution in [0.5, 0.6) is 0 Å². The summed E-state index contributed by atoms with van der Waals surface area (Å²) in [4.78, 5) is 23.9. The van der Waals surface area contributed by atoms with Crippen LogP contribution in [-0.2, 0) is 20.7 Å². The predicted octanol–water partition coefficient (Wildman–Crippen LogP) is 3.58. The van der Waals surface area contributed by atoms with Gasteiger partial charge in [-0.25, -0.2) is 0 Å². The first-order chi connectivity index (χ1) is 11.6. The van der Waals surface area contributed by atoms with E-state index >= 15 is 0 Å². The van der Waals surface area contributed by atoms with Crippen molar-refractivity contribution < 1.29 is 14.3 Å². The standard InChI is InChI=1S/C20H27NO3/c1-4-6-13-19(22)21-18(15-17-11-9-8-10-12-17)16(3)24-20(23)14-7-5-2/h4-5,8-12,16,18H,1-2,6-7,13-15H2,3H3,(H,21,22). The van der Waals surface area contributed by atoms with Crippen LogP contribution in [0.1, 0.15) is 38.2 Å². The zero-order chi connectivity index (χ0) is 17.8. The Morgan fingerprint density at radius 2 is 1.75 bits per heavy atom. The molecule has 0 aliphatic carbocycles. The van der Waals surface area contributed by atoms with Crippen LogP contribution in [0.15, 0.2) is 55.6 Å². The molecule has 2 unspecified atom stereocenters. The van der Waals surface area contributed by atoms with Crippen LogP contribution in [0, 0.1) is 0 Å². The van der Waals surface area contributed by atoms with Crippen LogP contribution in [0.25, 0.3) is 0 Å². The van der Waals surface area contributed by atoms with Gasteiger partial charge in [-0.3, -0.25) is 9.59 Å². The predicted molar refractivity (Wildman–Crippen MR) is 96.5 cm³/mol. The topological polar surface area (TPSA) is 55.4 Å². The van der Waals surface area contributed by atoms with Gasteiger partial charge in [0, 0.05) is 12.8 Å². The van der Waals surface area contributed by atoms with E-state index in [2.05, 4.69) is 18.5 Å². The number of hydrogen-bond donors (Lipinski definition) is 1. The fraction of sp³-hybridized carbons (Fsp3) is 0.400. The minimum atomic E-state index is -0.407. The lowest BCUT2D eigenvalue weighted by molar-refractivity contribution is -0.150. The smallest absolute Gasteiger partial charge is 0.306 e. The van der Waals surface area contributed by atoms with Crippen molar-refractivity contribution in [1.29, 1.82) is 0 Å². The van der Waals surface area contributed by atoms with Crippen molar-refractivity contribution in [3.8, 4) is 0 Å². The third-order valence-electron chi connectivity index (χ3n) is 3.66. The van der Waals surface area contributed by atoms with E-state index in [0.717, 1.165) is 5.56 Å².